The van der Waals surface area contributed by atoms with Gasteiger partial charge in [-0.3, -0.25) is 9.59 Å². The molecular formula is C22H22ClFN4O2. The number of aryl methyl sites for hydroxylation is 1. The van der Waals surface area contributed by atoms with E-state index in [1.807, 2.05) is 19.0 Å². The van der Waals surface area contributed by atoms with Crippen molar-refractivity contribution in [3.8, 4) is 5.69 Å². The summed E-state index contributed by atoms with van der Waals surface area (Å²) in [5.41, 5.74) is 1.11. The van der Waals surface area contributed by atoms with Crippen molar-refractivity contribution in [2.45, 2.75) is 13.0 Å². The van der Waals surface area contributed by atoms with Crippen LogP contribution in [-0.4, -0.2) is 41.2 Å². The average molecular weight is 429 g/mol. The number of amides is 1. The predicted octanol–water partition coefficient (Wildman–Crippen LogP) is 3.37. The Morgan fingerprint density at radius 2 is 1.93 bits per heavy atom. The molecule has 1 atom stereocenters. The molecule has 156 valence electrons. The lowest BCUT2D eigenvalue weighted by molar-refractivity contribution is 0.0934. The van der Waals surface area contributed by atoms with E-state index in [1.54, 1.807) is 43.3 Å². The molecule has 0 fully saturated rings. The topological polar surface area (TPSA) is 67.2 Å². The lowest BCUT2D eigenvalue weighted by Gasteiger charge is -2.25. The number of para-hydroxylation sites is 1. The molecule has 0 saturated carbocycles. The lowest BCUT2D eigenvalue weighted by atomic mass is 10.1. The maximum atomic E-state index is 13.6. The molecule has 2 aromatic carbocycles. The molecule has 1 heterocycles. The van der Waals surface area contributed by atoms with Crippen molar-refractivity contribution in [3.63, 3.8) is 0 Å². The number of aromatic nitrogens is 2. The summed E-state index contributed by atoms with van der Waals surface area (Å²) >= 11 is 6.24. The van der Waals surface area contributed by atoms with Crippen LogP contribution in [0.5, 0.6) is 0 Å². The van der Waals surface area contributed by atoms with Gasteiger partial charge in [-0.2, -0.15) is 5.10 Å². The number of benzene rings is 2. The summed E-state index contributed by atoms with van der Waals surface area (Å²) < 4.78 is 15.1. The van der Waals surface area contributed by atoms with Gasteiger partial charge in [0, 0.05) is 18.3 Å². The van der Waals surface area contributed by atoms with Crippen molar-refractivity contribution in [1.82, 2.24) is 20.0 Å². The normalized spacial score (nSPS) is 12.1. The molecule has 30 heavy (non-hydrogen) atoms. The Balaban J connectivity index is 1.87. The first-order chi connectivity index (χ1) is 14.3. The molecule has 0 bridgehead atoms. The molecule has 3 rings (SSSR count). The molecule has 0 aliphatic rings. The molecule has 1 aromatic heterocycles. The highest BCUT2D eigenvalue weighted by Crippen LogP contribution is 2.20. The zero-order chi connectivity index (χ0) is 21.8. The Morgan fingerprint density at radius 1 is 1.20 bits per heavy atom. The van der Waals surface area contributed by atoms with Crippen LogP contribution in [0.4, 0.5) is 4.39 Å². The summed E-state index contributed by atoms with van der Waals surface area (Å²) in [4.78, 5) is 27.0. The summed E-state index contributed by atoms with van der Waals surface area (Å²) in [6, 6.07) is 14.3. The van der Waals surface area contributed by atoms with Crippen LogP contribution in [0, 0.1) is 12.7 Å². The van der Waals surface area contributed by atoms with E-state index in [1.165, 1.54) is 22.9 Å². The molecular weight excluding hydrogens is 407 g/mol. The fourth-order valence-corrected chi connectivity index (χ4v) is 3.37. The van der Waals surface area contributed by atoms with E-state index in [4.69, 9.17) is 11.6 Å². The van der Waals surface area contributed by atoms with Gasteiger partial charge in [-0.1, -0.05) is 35.9 Å². The fraction of sp³-hybridized carbons (Fsp3) is 0.227. The molecule has 0 spiro atoms. The zero-order valence-electron chi connectivity index (χ0n) is 16.9. The number of carbonyl (C=O) groups is 1. The van der Waals surface area contributed by atoms with Gasteiger partial charge in [0.25, 0.3) is 5.91 Å². The van der Waals surface area contributed by atoms with Gasteiger partial charge in [-0.25, -0.2) is 9.07 Å². The summed E-state index contributed by atoms with van der Waals surface area (Å²) in [6.45, 7) is 1.89. The average Bonchev–Trinajstić information content (AvgIpc) is 2.69. The highest BCUT2D eigenvalue weighted by Gasteiger charge is 2.20. The van der Waals surface area contributed by atoms with Crippen LogP contribution in [0.3, 0.4) is 0 Å². The van der Waals surface area contributed by atoms with E-state index in [0.29, 0.717) is 22.0 Å². The Kier molecular flexibility index (Phi) is 6.64. The smallest absolute Gasteiger partial charge is 0.275 e. The molecule has 8 heteroatoms. The van der Waals surface area contributed by atoms with Crippen molar-refractivity contribution in [2.24, 2.45) is 0 Å². The number of carbonyl (C=O) groups excluding carboxylic acids is 1. The Hall–Kier alpha value is -3.03. The van der Waals surface area contributed by atoms with Crippen LogP contribution in [0.15, 0.2) is 59.4 Å². The van der Waals surface area contributed by atoms with Crippen molar-refractivity contribution < 1.29 is 9.18 Å². The SMILES string of the molecule is Cc1cc(=O)c(C(=O)NCC(c2cccc(F)c2)N(C)C)nn1-c1ccccc1Cl. The minimum Gasteiger partial charge on any atom is -0.349 e. The molecule has 1 unspecified atom stereocenters. The third-order valence-electron chi connectivity index (χ3n) is 4.72. The van der Waals surface area contributed by atoms with E-state index in [9.17, 15) is 14.0 Å². The highest BCUT2D eigenvalue weighted by atomic mass is 35.5. The molecule has 0 aliphatic heterocycles. The summed E-state index contributed by atoms with van der Waals surface area (Å²) in [5.74, 6) is -0.961. The second-order valence-electron chi connectivity index (χ2n) is 7.11. The maximum Gasteiger partial charge on any atom is 0.275 e. The number of rotatable bonds is 6. The molecule has 3 aromatic rings. The monoisotopic (exact) mass is 428 g/mol. The van der Waals surface area contributed by atoms with Crippen LogP contribution >= 0.6 is 11.6 Å². The molecule has 0 radical (unpaired) electrons. The van der Waals surface area contributed by atoms with Gasteiger partial charge >= 0.3 is 0 Å². The standard InChI is InChI=1S/C22H22ClFN4O2/c1-14-11-20(29)21(26-28(14)18-10-5-4-9-17(18)23)22(30)25-13-19(27(2)3)15-7-6-8-16(24)12-15/h4-12,19H,13H2,1-3H3,(H,25,30). The van der Waals surface area contributed by atoms with Gasteiger partial charge < -0.3 is 10.2 Å². The third kappa shape index (κ3) is 4.75. The first-order valence-electron chi connectivity index (χ1n) is 9.34. The Morgan fingerprint density at radius 3 is 2.60 bits per heavy atom. The largest absolute Gasteiger partial charge is 0.349 e. The van der Waals surface area contributed by atoms with E-state index < -0.39 is 11.3 Å². The first kappa shape index (κ1) is 21.7. The van der Waals surface area contributed by atoms with Crippen molar-refractivity contribution in [1.29, 1.82) is 0 Å². The first-order valence-corrected chi connectivity index (χ1v) is 9.71. The number of hydrogen-bond acceptors (Lipinski definition) is 4. The Bertz CT molecular complexity index is 1130. The van der Waals surface area contributed by atoms with Crippen molar-refractivity contribution >= 4 is 17.5 Å². The third-order valence-corrected chi connectivity index (χ3v) is 5.04. The second-order valence-corrected chi connectivity index (χ2v) is 7.51. The fourth-order valence-electron chi connectivity index (χ4n) is 3.16. The molecule has 6 nitrogen and oxygen atoms in total. The lowest BCUT2D eigenvalue weighted by Crippen LogP contribution is -2.37. The number of hydrogen-bond donors (Lipinski definition) is 1. The van der Waals surface area contributed by atoms with Crippen molar-refractivity contribution in [3.05, 3.63) is 92.6 Å². The zero-order valence-corrected chi connectivity index (χ0v) is 17.7. The van der Waals surface area contributed by atoms with Crippen molar-refractivity contribution in [2.75, 3.05) is 20.6 Å². The Labute approximate surface area is 178 Å². The van der Waals surface area contributed by atoms with Crippen LogP contribution < -0.4 is 10.7 Å². The van der Waals surface area contributed by atoms with Gasteiger partial charge in [-0.15, -0.1) is 0 Å². The minimum atomic E-state index is -0.607. The van der Waals surface area contributed by atoms with E-state index >= 15 is 0 Å². The van der Waals surface area contributed by atoms with Gasteiger partial charge in [0.05, 0.1) is 16.8 Å². The predicted molar refractivity (Wildman–Crippen MR) is 115 cm³/mol. The van der Waals surface area contributed by atoms with Gasteiger partial charge in [0.15, 0.2) is 5.69 Å². The molecule has 1 N–H and O–H groups in total. The van der Waals surface area contributed by atoms with E-state index in [2.05, 4.69) is 10.4 Å². The molecule has 1 amide bonds. The number of likely N-dealkylation sites (N-methyl/N-ethyl adjacent to an activating group) is 1. The van der Waals surface area contributed by atoms with Gasteiger partial charge in [-0.05, 0) is 50.8 Å². The van der Waals surface area contributed by atoms with Crippen LogP contribution in [0.2, 0.25) is 5.02 Å². The summed E-state index contributed by atoms with van der Waals surface area (Å²) in [6.07, 6.45) is 0. The van der Waals surface area contributed by atoms with E-state index in [-0.39, 0.29) is 24.1 Å². The number of nitrogens with one attached hydrogen (secondary N) is 1. The minimum absolute atomic E-state index is 0.177. The maximum absolute atomic E-state index is 13.6. The van der Waals surface area contributed by atoms with Crippen LogP contribution in [0.25, 0.3) is 5.69 Å². The van der Waals surface area contributed by atoms with Crippen LogP contribution in [-0.2, 0) is 0 Å². The highest BCUT2D eigenvalue weighted by molar-refractivity contribution is 6.32. The number of halogens is 2. The van der Waals surface area contributed by atoms with E-state index in [0.717, 1.165) is 0 Å². The summed E-state index contributed by atoms with van der Waals surface area (Å²) in [5, 5.41) is 7.43. The summed E-state index contributed by atoms with van der Waals surface area (Å²) in [7, 11) is 3.66. The quantitative estimate of drug-likeness (QED) is 0.653. The van der Waals surface area contributed by atoms with Gasteiger partial charge in [0.2, 0.25) is 5.43 Å². The molecule has 0 aliphatic carbocycles. The van der Waals surface area contributed by atoms with Crippen LogP contribution in [0.1, 0.15) is 27.8 Å². The second kappa shape index (κ2) is 9.19. The number of nitrogens with zero attached hydrogens (tertiary/aromatic N) is 3. The molecule has 0 saturated heterocycles. The van der Waals surface area contributed by atoms with Gasteiger partial charge in [0.1, 0.15) is 5.82 Å².